The number of alkyl halides is 6. The Kier molecular flexibility index (Phi) is 2.47. The van der Waals surface area contributed by atoms with Gasteiger partial charge in [-0.2, -0.15) is 31.4 Å². The summed E-state index contributed by atoms with van der Waals surface area (Å²) in [4.78, 5) is 0. The fourth-order valence-corrected chi connectivity index (χ4v) is 0.813. The lowest BCUT2D eigenvalue weighted by atomic mass is 10.3. The molecule has 1 N–H and O–H groups in total. The van der Waals surface area contributed by atoms with Crippen molar-refractivity contribution in [1.29, 1.82) is 0 Å². The summed E-state index contributed by atoms with van der Waals surface area (Å²) in [7, 11) is 0. The Labute approximate surface area is 73.9 Å². The number of hydrogen-bond acceptors (Lipinski definition) is 1. The zero-order chi connectivity index (χ0) is 11.0. The Morgan fingerprint density at radius 1 is 1.14 bits per heavy atom. The van der Waals surface area contributed by atoms with E-state index in [0.717, 1.165) is 0 Å². The van der Waals surface area contributed by atoms with Crippen LogP contribution < -0.4 is 0 Å². The molecule has 0 aliphatic carbocycles. The van der Waals surface area contributed by atoms with Crippen molar-refractivity contribution >= 4 is 0 Å². The third kappa shape index (κ3) is 2.93. The van der Waals surface area contributed by atoms with Gasteiger partial charge in [0.15, 0.2) is 5.69 Å². The minimum atomic E-state index is -4.72. The number of H-pyrrole nitrogens is 1. The zero-order valence-corrected chi connectivity index (χ0v) is 6.50. The van der Waals surface area contributed by atoms with Crippen molar-refractivity contribution in [2.75, 3.05) is 0 Å². The normalized spacial score (nSPS) is 13.3. The third-order valence-corrected chi connectivity index (χ3v) is 1.31. The first-order valence-electron chi connectivity index (χ1n) is 3.37. The minimum Gasteiger partial charge on any atom is -0.282 e. The lowest BCUT2D eigenvalue weighted by Gasteiger charge is -2.02. The number of nitrogens with one attached hydrogen (secondary N) is 1. The molecule has 0 saturated heterocycles. The first-order valence-corrected chi connectivity index (χ1v) is 3.37. The first-order chi connectivity index (χ1) is 6.18. The minimum absolute atomic E-state index is 0.341. The van der Waals surface area contributed by atoms with Crippen LogP contribution in [0.3, 0.4) is 0 Å². The average Bonchev–Trinajstić information content (AvgIpc) is 2.29. The summed E-state index contributed by atoms with van der Waals surface area (Å²) < 4.78 is 70.8. The molecule has 0 radical (unpaired) electrons. The SMILES string of the molecule is FC(F)(F)Cc1cc(C(F)(F)F)n[nH]1. The molecule has 8 heteroatoms. The second-order valence-corrected chi connectivity index (χ2v) is 2.57. The standard InChI is InChI=1S/C6H4F6N2/c7-5(8,9)2-3-1-4(14-13-3)6(10,11)12/h1H,2H2,(H,13,14). The smallest absolute Gasteiger partial charge is 0.282 e. The Morgan fingerprint density at radius 2 is 1.71 bits per heavy atom. The second kappa shape index (κ2) is 3.18. The summed E-state index contributed by atoms with van der Waals surface area (Å²) in [6.07, 6.45) is -10.7. The molecule has 1 rings (SSSR count). The second-order valence-electron chi connectivity index (χ2n) is 2.57. The van der Waals surface area contributed by atoms with Crippen LogP contribution in [0.2, 0.25) is 0 Å². The van der Waals surface area contributed by atoms with Gasteiger partial charge in [0, 0.05) is 5.69 Å². The molecule has 14 heavy (non-hydrogen) atoms. The van der Waals surface area contributed by atoms with Gasteiger partial charge in [0.05, 0.1) is 6.42 Å². The molecule has 0 atom stereocenters. The maximum atomic E-state index is 11.9. The topological polar surface area (TPSA) is 28.7 Å². The molecule has 1 aromatic heterocycles. The highest BCUT2D eigenvalue weighted by molar-refractivity contribution is 5.12. The van der Waals surface area contributed by atoms with E-state index in [4.69, 9.17) is 0 Å². The van der Waals surface area contributed by atoms with Crippen molar-refractivity contribution < 1.29 is 26.3 Å². The number of nitrogens with zero attached hydrogens (tertiary/aromatic N) is 1. The van der Waals surface area contributed by atoms with Crippen LogP contribution >= 0.6 is 0 Å². The molecule has 0 bridgehead atoms. The maximum absolute atomic E-state index is 11.9. The Bertz CT molecular complexity index is 309. The molecule has 0 aromatic carbocycles. The van der Waals surface area contributed by atoms with E-state index < -0.39 is 30.2 Å². The van der Waals surface area contributed by atoms with Crippen LogP contribution in [0.15, 0.2) is 6.07 Å². The maximum Gasteiger partial charge on any atom is 0.435 e. The molecule has 1 heterocycles. The summed E-state index contributed by atoms with van der Waals surface area (Å²) in [5.74, 6) is 0. The molecule has 0 aliphatic heterocycles. The molecular weight excluding hydrogens is 214 g/mol. The van der Waals surface area contributed by atoms with E-state index in [9.17, 15) is 26.3 Å². The Balaban J connectivity index is 2.79. The third-order valence-electron chi connectivity index (χ3n) is 1.31. The number of hydrogen-bond donors (Lipinski definition) is 1. The highest BCUT2D eigenvalue weighted by Gasteiger charge is 2.35. The van der Waals surface area contributed by atoms with Gasteiger partial charge in [-0.05, 0) is 6.07 Å². The largest absolute Gasteiger partial charge is 0.435 e. The van der Waals surface area contributed by atoms with E-state index in [2.05, 4.69) is 5.10 Å². The number of aromatic nitrogens is 2. The van der Waals surface area contributed by atoms with Gasteiger partial charge in [0.2, 0.25) is 0 Å². The summed E-state index contributed by atoms with van der Waals surface area (Å²) in [6, 6.07) is 0.341. The lowest BCUT2D eigenvalue weighted by Crippen LogP contribution is -2.11. The molecule has 80 valence electrons. The van der Waals surface area contributed by atoms with Crippen molar-refractivity contribution in [3.05, 3.63) is 17.5 Å². The molecule has 1 aromatic rings. The van der Waals surface area contributed by atoms with Gasteiger partial charge in [0.1, 0.15) is 0 Å². The van der Waals surface area contributed by atoms with Gasteiger partial charge >= 0.3 is 12.4 Å². The molecule has 0 saturated carbocycles. The van der Waals surface area contributed by atoms with Crippen LogP contribution in [-0.2, 0) is 12.6 Å². The van der Waals surface area contributed by atoms with Gasteiger partial charge < -0.3 is 0 Å². The zero-order valence-electron chi connectivity index (χ0n) is 6.50. The summed E-state index contributed by atoms with van der Waals surface area (Å²) in [6.45, 7) is 0. The monoisotopic (exact) mass is 218 g/mol. The Hall–Kier alpha value is -1.21. The quantitative estimate of drug-likeness (QED) is 0.721. The lowest BCUT2D eigenvalue weighted by molar-refractivity contribution is -0.141. The van der Waals surface area contributed by atoms with Crippen molar-refractivity contribution in [2.45, 2.75) is 18.8 Å². The van der Waals surface area contributed by atoms with Crippen molar-refractivity contribution in [3.8, 4) is 0 Å². The van der Waals surface area contributed by atoms with Gasteiger partial charge in [-0.25, -0.2) is 0 Å². The first kappa shape index (κ1) is 10.9. The van der Waals surface area contributed by atoms with E-state index in [1.165, 1.54) is 0 Å². The molecule has 0 aliphatic rings. The molecule has 0 amide bonds. The fraction of sp³-hybridized carbons (Fsp3) is 0.500. The summed E-state index contributed by atoms with van der Waals surface area (Å²) in [5, 5.41) is 4.40. The molecule has 0 spiro atoms. The molecule has 0 fully saturated rings. The van der Waals surface area contributed by atoms with E-state index >= 15 is 0 Å². The van der Waals surface area contributed by atoms with Crippen LogP contribution in [-0.4, -0.2) is 16.4 Å². The van der Waals surface area contributed by atoms with Crippen molar-refractivity contribution in [3.63, 3.8) is 0 Å². The number of rotatable bonds is 1. The van der Waals surface area contributed by atoms with E-state index in [1.807, 2.05) is 0 Å². The van der Waals surface area contributed by atoms with E-state index in [-0.39, 0.29) is 0 Å². The van der Waals surface area contributed by atoms with Crippen LogP contribution in [0.1, 0.15) is 11.4 Å². The fourth-order valence-electron chi connectivity index (χ4n) is 0.813. The summed E-state index contributed by atoms with van der Waals surface area (Å²) in [5.41, 5.74) is -1.96. The van der Waals surface area contributed by atoms with Gasteiger partial charge in [0.25, 0.3) is 0 Å². The van der Waals surface area contributed by atoms with Crippen molar-refractivity contribution in [1.82, 2.24) is 10.2 Å². The van der Waals surface area contributed by atoms with Gasteiger partial charge in [-0.1, -0.05) is 0 Å². The predicted molar refractivity (Wildman–Crippen MR) is 33.3 cm³/mol. The average molecular weight is 218 g/mol. The Morgan fingerprint density at radius 3 is 2.07 bits per heavy atom. The van der Waals surface area contributed by atoms with Gasteiger partial charge in [-0.3, -0.25) is 5.10 Å². The van der Waals surface area contributed by atoms with Crippen molar-refractivity contribution in [2.24, 2.45) is 0 Å². The summed E-state index contributed by atoms with van der Waals surface area (Å²) >= 11 is 0. The van der Waals surface area contributed by atoms with Gasteiger partial charge in [-0.15, -0.1) is 0 Å². The molecule has 2 nitrogen and oxygen atoms in total. The van der Waals surface area contributed by atoms with Crippen LogP contribution in [0.4, 0.5) is 26.3 Å². The number of aromatic amines is 1. The highest BCUT2D eigenvalue weighted by Crippen LogP contribution is 2.29. The van der Waals surface area contributed by atoms with E-state index in [1.54, 1.807) is 5.10 Å². The highest BCUT2D eigenvalue weighted by atomic mass is 19.4. The van der Waals surface area contributed by atoms with Crippen LogP contribution in [0.25, 0.3) is 0 Å². The predicted octanol–water partition coefficient (Wildman–Crippen LogP) is 2.53. The molecule has 0 unspecified atom stereocenters. The number of halogens is 6. The van der Waals surface area contributed by atoms with Crippen LogP contribution in [0.5, 0.6) is 0 Å². The van der Waals surface area contributed by atoms with Crippen LogP contribution in [0, 0.1) is 0 Å². The van der Waals surface area contributed by atoms with E-state index in [0.29, 0.717) is 6.07 Å². The molecular formula is C6H4F6N2.